The molecule has 0 radical (unpaired) electrons. The summed E-state index contributed by atoms with van der Waals surface area (Å²) in [6, 6.07) is 6.90. The van der Waals surface area contributed by atoms with Crippen molar-refractivity contribution < 1.29 is 14.3 Å². The van der Waals surface area contributed by atoms with E-state index in [0.29, 0.717) is 41.1 Å². The van der Waals surface area contributed by atoms with Crippen molar-refractivity contribution in [1.82, 2.24) is 15.2 Å². The van der Waals surface area contributed by atoms with Crippen molar-refractivity contribution in [3.05, 3.63) is 45.4 Å². The van der Waals surface area contributed by atoms with Gasteiger partial charge in [-0.1, -0.05) is 11.6 Å². The summed E-state index contributed by atoms with van der Waals surface area (Å²) < 4.78 is 5.10. The third-order valence-corrected chi connectivity index (χ3v) is 5.06. The number of ether oxygens (including phenoxy) is 1. The molecule has 0 saturated heterocycles. The van der Waals surface area contributed by atoms with Crippen LogP contribution in [-0.2, 0) is 11.3 Å². The van der Waals surface area contributed by atoms with E-state index < -0.39 is 0 Å². The van der Waals surface area contributed by atoms with Crippen molar-refractivity contribution in [1.29, 1.82) is 0 Å². The molecule has 0 spiro atoms. The number of carbonyl (C=O) groups excluding carboxylic acids is 2. The number of urea groups is 1. The highest BCUT2D eigenvalue weighted by Crippen LogP contribution is 2.20. The number of aromatic nitrogens is 1. The standard InChI is InChI=1S/C18H21ClN4O3S/c1-26-9-8-23(18(25)21-14-4-2-12(19)3-5-14)10-16-22-15(11-27-16)17(24)20-13-6-7-13/h2-5,11,13H,6-10H2,1H3,(H,20,24)(H,21,25). The van der Waals surface area contributed by atoms with Crippen molar-refractivity contribution in [3.63, 3.8) is 0 Å². The van der Waals surface area contributed by atoms with Gasteiger partial charge in [-0.2, -0.15) is 0 Å². The molecular formula is C18H21ClN4O3S. The molecule has 0 bridgehead atoms. The molecule has 9 heteroatoms. The summed E-state index contributed by atoms with van der Waals surface area (Å²) in [5, 5.41) is 8.76. The first-order chi connectivity index (χ1) is 13.0. The lowest BCUT2D eigenvalue weighted by Gasteiger charge is -2.21. The average molecular weight is 409 g/mol. The van der Waals surface area contributed by atoms with Crippen molar-refractivity contribution in [3.8, 4) is 0 Å². The number of rotatable bonds is 8. The number of thiazole rings is 1. The van der Waals surface area contributed by atoms with Gasteiger partial charge in [-0.25, -0.2) is 9.78 Å². The molecule has 1 aliphatic rings. The minimum Gasteiger partial charge on any atom is -0.383 e. The molecule has 0 aliphatic heterocycles. The molecule has 7 nitrogen and oxygen atoms in total. The monoisotopic (exact) mass is 408 g/mol. The number of carbonyl (C=O) groups is 2. The van der Waals surface area contributed by atoms with E-state index in [4.69, 9.17) is 16.3 Å². The maximum absolute atomic E-state index is 12.6. The number of benzene rings is 1. The van der Waals surface area contributed by atoms with Crippen LogP contribution in [-0.4, -0.2) is 48.1 Å². The first kappa shape index (κ1) is 19.6. The number of nitrogens with one attached hydrogen (secondary N) is 2. The predicted molar refractivity (Wildman–Crippen MR) is 105 cm³/mol. The number of halogens is 1. The lowest BCUT2D eigenvalue weighted by atomic mass is 10.3. The van der Waals surface area contributed by atoms with Crippen LogP contribution in [0.1, 0.15) is 28.3 Å². The molecule has 144 valence electrons. The highest BCUT2D eigenvalue weighted by atomic mass is 35.5. The van der Waals surface area contributed by atoms with Crippen LogP contribution in [0.3, 0.4) is 0 Å². The summed E-state index contributed by atoms with van der Waals surface area (Å²) in [6.45, 7) is 1.09. The number of nitrogens with zero attached hydrogens (tertiary/aromatic N) is 2. The molecule has 2 aromatic rings. The fourth-order valence-corrected chi connectivity index (χ4v) is 3.24. The molecule has 2 N–H and O–H groups in total. The third kappa shape index (κ3) is 5.92. The van der Waals surface area contributed by atoms with Gasteiger partial charge in [0.15, 0.2) is 0 Å². The Morgan fingerprint density at radius 1 is 1.33 bits per heavy atom. The quantitative estimate of drug-likeness (QED) is 0.701. The lowest BCUT2D eigenvalue weighted by molar-refractivity contribution is 0.0946. The van der Waals surface area contributed by atoms with Gasteiger partial charge in [0.2, 0.25) is 0 Å². The third-order valence-electron chi connectivity index (χ3n) is 3.97. The van der Waals surface area contributed by atoms with Gasteiger partial charge in [0, 0.05) is 35.8 Å². The summed E-state index contributed by atoms with van der Waals surface area (Å²) in [6.07, 6.45) is 2.05. The number of methoxy groups -OCH3 is 1. The molecule has 1 aromatic carbocycles. The largest absolute Gasteiger partial charge is 0.383 e. The Morgan fingerprint density at radius 2 is 2.07 bits per heavy atom. The van der Waals surface area contributed by atoms with E-state index in [-0.39, 0.29) is 18.0 Å². The molecule has 1 aliphatic carbocycles. The van der Waals surface area contributed by atoms with Gasteiger partial charge in [0.1, 0.15) is 10.7 Å². The smallest absolute Gasteiger partial charge is 0.322 e. The van der Waals surface area contributed by atoms with Gasteiger partial charge in [-0.15, -0.1) is 11.3 Å². The van der Waals surface area contributed by atoms with E-state index in [1.807, 2.05) is 0 Å². The van der Waals surface area contributed by atoms with Crippen LogP contribution in [0.25, 0.3) is 0 Å². The summed E-state index contributed by atoms with van der Waals surface area (Å²) in [7, 11) is 1.58. The summed E-state index contributed by atoms with van der Waals surface area (Å²) in [4.78, 5) is 30.7. The number of hydrogen-bond acceptors (Lipinski definition) is 5. The molecule has 0 atom stereocenters. The molecule has 1 heterocycles. The highest BCUT2D eigenvalue weighted by Gasteiger charge is 2.25. The Bertz CT molecular complexity index is 792. The SMILES string of the molecule is COCCN(Cc1nc(C(=O)NC2CC2)cs1)C(=O)Nc1ccc(Cl)cc1. The number of hydrogen-bond donors (Lipinski definition) is 2. The normalized spacial score (nSPS) is 13.3. The molecule has 3 amide bonds. The Morgan fingerprint density at radius 3 is 2.74 bits per heavy atom. The van der Waals surface area contributed by atoms with Gasteiger partial charge in [0.25, 0.3) is 5.91 Å². The van der Waals surface area contributed by atoms with E-state index in [2.05, 4.69) is 15.6 Å². The van der Waals surface area contributed by atoms with Crippen molar-refractivity contribution in [2.24, 2.45) is 0 Å². The zero-order chi connectivity index (χ0) is 19.2. The molecule has 1 aromatic heterocycles. The molecule has 3 rings (SSSR count). The van der Waals surface area contributed by atoms with Crippen molar-refractivity contribution >= 4 is 40.6 Å². The van der Waals surface area contributed by atoms with Crippen LogP contribution < -0.4 is 10.6 Å². The van der Waals surface area contributed by atoms with Gasteiger partial charge in [-0.05, 0) is 37.1 Å². The first-order valence-electron chi connectivity index (χ1n) is 8.61. The Hall–Kier alpha value is -2.16. The lowest BCUT2D eigenvalue weighted by Crippen LogP contribution is -2.36. The minimum absolute atomic E-state index is 0.158. The van der Waals surface area contributed by atoms with Crippen LogP contribution in [0.5, 0.6) is 0 Å². The summed E-state index contributed by atoms with van der Waals surface area (Å²) >= 11 is 7.23. The van der Waals surface area contributed by atoms with Crippen molar-refractivity contribution in [2.75, 3.05) is 25.6 Å². The van der Waals surface area contributed by atoms with Gasteiger partial charge >= 0.3 is 6.03 Å². The number of amides is 3. The van der Waals surface area contributed by atoms with Crippen LogP contribution in [0.4, 0.5) is 10.5 Å². The van der Waals surface area contributed by atoms with Crippen molar-refractivity contribution in [2.45, 2.75) is 25.4 Å². The Kier molecular flexibility index (Phi) is 6.65. The average Bonchev–Trinajstić information content (AvgIpc) is 3.34. The number of anilines is 1. The fourth-order valence-electron chi connectivity index (χ4n) is 2.33. The summed E-state index contributed by atoms with van der Waals surface area (Å²) in [5.41, 5.74) is 1.04. The van der Waals surface area contributed by atoms with E-state index in [9.17, 15) is 9.59 Å². The molecule has 1 saturated carbocycles. The maximum Gasteiger partial charge on any atom is 0.322 e. The van der Waals surface area contributed by atoms with Crippen LogP contribution >= 0.6 is 22.9 Å². The minimum atomic E-state index is -0.270. The van der Waals surface area contributed by atoms with Gasteiger partial charge in [-0.3, -0.25) is 4.79 Å². The molecule has 0 unspecified atom stereocenters. The van der Waals surface area contributed by atoms with Gasteiger partial charge < -0.3 is 20.3 Å². The second-order valence-corrected chi connectivity index (χ2v) is 7.60. The van der Waals surface area contributed by atoms with Gasteiger partial charge in [0.05, 0.1) is 13.2 Å². The second kappa shape index (κ2) is 9.16. The predicted octanol–water partition coefficient (Wildman–Crippen LogP) is 3.37. The van der Waals surface area contributed by atoms with Crippen LogP contribution in [0.2, 0.25) is 5.02 Å². The Labute approximate surface area is 166 Å². The van der Waals surface area contributed by atoms with Crippen LogP contribution in [0, 0.1) is 0 Å². The van der Waals surface area contributed by atoms with E-state index in [1.165, 1.54) is 11.3 Å². The zero-order valence-electron chi connectivity index (χ0n) is 14.9. The molecule has 1 fully saturated rings. The van der Waals surface area contributed by atoms with E-state index in [0.717, 1.165) is 12.8 Å². The van der Waals surface area contributed by atoms with Crippen LogP contribution in [0.15, 0.2) is 29.6 Å². The molecule has 27 heavy (non-hydrogen) atoms. The fraction of sp³-hybridized carbons (Fsp3) is 0.389. The maximum atomic E-state index is 12.6. The zero-order valence-corrected chi connectivity index (χ0v) is 16.5. The summed E-state index contributed by atoms with van der Waals surface area (Å²) in [5.74, 6) is -0.158. The topological polar surface area (TPSA) is 83.6 Å². The first-order valence-corrected chi connectivity index (χ1v) is 9.86. The molecular weight excluding hydrogens is 388 g/mol. The second-order valence-electron chi connectivity index (χ2n) is 6.23. The Balaban J connectivity index is 1.63. The highest BCUT2D eigenvalue weighted by molar-refractivity contribution is 7.09. The van der Waals surface area contributed by atoms with E-state index >= 15 is 0 Å². The van der Waals surface area contributed by atoms with E-state index in [1.54, 1.807) is 41.7 Å².